The summed E-state index contributed by atoms with van der Waals surface area (Å²) >= 11 is 0. The van der Waals surface area contributed by atoms with Crippen LogP contribution in [0.2, 0.25) is 0 Å². The van der Waals surface area contributed by atoms with Crippen LogP contribution in [-0.2, 0) is 6.54 Å². The number of hydrogen-bond acceptors (Lipinski definition) is 4. The van der Waals surface area contributed by atoms with Gasteiger partial charge in [-0.25, -0.2) is 8.78 Å². The molecular formula is C19H24F2N4O. The minimum Gasteiger partial charge on any atom is -0.365 e. The van der Waals surface area contributed by atoms with E-state index in [2.05, 4.69) is 15.5 Å². The Hall–Kier alpha value is -1.73. The molecule has 3 atom stereocenters. The molecule has 4 fully saturated rings. The lowest BCUT2D eigenvalue weighted by molar-refractivity contribution is 0.0671. The SMILES string of the molecule is O=C1c2c(F)c(F)cc(N3CC4CCC3CN4)c2CN1C1CCCNC1. The Labute approximate surface area is 151 Å². The van der Waals surface area contributed by atoms with Gasteiger partial charge in [-0.05, 0) is 32.2 Å². The maximum atomic E-state index is 14.6. The lowest BCUT2D eigenvalue weighted by Crippen LogP contribution is -2.61. The van der Waals surface area contributed by atoms with Crippen LogP contribution in [0.5, 0.6) is 0 Å². The molecule has 2 bridgehead atoms. The van der Waals surface area contributed by atoms with E-state index >= 15 is 0 Å². The van der Waals surface area contributed by atoms with Crippen LogP contribution in [-0.4, -0.2) is 55.1 Å². The van der Waals surface area contributed by atoms with Crippen LogP contribution < -0.4 is 15.5 Å². The van der Waals surface area contributed by atoms with E-state index in [0.717, 1.165) is 57.5 Å². The molecule has 6 rings (SSSR count). The zero-order valence-corrected chi connectivity index (χ0v) is 14.7. The summed E-state index contributed by atoms with van der Waals surface area (Å²) in [7, 11) is 0. The van der Waals surface area contributed by atoms with Gasteiger partial charge in [-0.1, -0.05) is 0 Å². The van der Waals surface area contributed by atoms with E-state index < -0.39 is 11.6 Å². The Bertz CT molecular complexity index is 742. The molecule has 1 amide bonds. The highest BCUT2D eigenvalue weighted by Gasteiger charge is 2.41. The van der Waals surface area contributed by atoms with Crippen LogP contribution in [0.1, 0.15) is 41.6 Å². The molecule has 5 heterocycles. The Morgan fingerprint density at radius 3 is 2.58 bits per heavy atom. The number of benzene rings is 1. The van der Waals surface area contributed by atoms with Crippen molar-refractivity contribution < 1.29 is 13.6 Å². The fourth-order valence-corrected chi connectivity index (χ4v) is 5.07. The topological polar surface area (TPSA) is 47.6 Å². The molecule has 5 nitrogen and oxygen atoms in total. The number of carbonyl (C=O) groups excluding carboxylic acids is 1. The maximum Gasteiger partial charge on any atom is 0.257 e. The number of amides is 1. The number of nitrogens with one attached hydrogen (secondary N) is 2. The fourth-order valence-electron chi connectivity index (χ4n) is 5.07. The third kappa shape index (κ3) is 2.44. The summed E-state index contributed by atoms with van der Waals surface area (Å²) in [4.78, 5) is 16.9. The summed E-state index contributed by atoms with van der Waals surface area (Å²) in [5, 5.41) is 6.79. The van der Waals surface area contributed by atoms with Gasteiger partial charge in [0, 0.05) is 61.6 Å². The number of piperidine rings is 3. The van der Waals surface area contributed by atoms with Crippen LogP contribution in [0, 0.1) is 11.6 Å². The molecule has 0 aliphatic carbocycles. The number of fused-ring (bicyclic) bond motifs is 4. The molecule has 3 unspecified atom stereocenters. The number of carbonyl (C=O) groups is 1. The Morgan fingerprint density at radius 2 is 1.92 bits per heavy atom. The van der Waals surface area contributed by atoms with Gasteiger partial charge in [0.25, 0.3) is 5.91 Å². The Balaban J connectivity index is 1.54. The van der Waals surface area contributed by atoms with E-state index in [1.54, 1.807) is 4.90 Å². The molecule has 5 aliphatic rings. The highest BCUT2D eigenvalue weighted by atomic mass is 19.2. The summed E-state index contributed by atoms with van der Waals surface area (Å²) in [6, 6.07) is 2.04. The van der Waals surface area contributed by atoms with Crippen molar-refractivity contribution >= 4 is 11.6 Å². The standard InChI is InChI=1S/C19H24F2N4O/c20-15-6-16(24-9-11-3-4-13(24)8-23-11)14-10-25(12-2-1-5-22-7-12)19(26)17(14)18(15)21/h6,11-13,22-23H,1-5,7-10H2. The number of nitrogens with zero attached hydrogens (tertiary/aromatic N) is 2. The molecule has 1 aromatic carbocycles. The van der Waals surface area contributed by atoms with Crippen molar-refractivity contribution in [3.8, 4) is 0 Å². The van der Waals surface area contributed by atoms with Gasteiger partial charge < -0.3 is 20.4 Å². The van der Waals surface area contributed by atoms with Gasteiger partial charge in [0.2, 0.25) is 0 Å². The molecule has 140 valence electrons. The monoisotopic (exact) mass is 362 g/mol. The summed E-state index contributed by atoms with van der Waals surface area (Å²) in [6.45, 7) is 3.71. The summed E-state index contributed by atoms with van der Waals surface area (Å²) in [5.74, 6) is -2.25. The highest BCUT2D eigenvalue weighted by Crippen LogP contribution is 2.39. The smallest absolute Gasteiger partial charge is 0.257 e. The lowest BCUT2D eigenvalue weighted by Gasteiger charge is -2.47. The van der Waals surface area contributed by atoms with Gasteiger partial charge in [0.1, 0.15) is 0 Å². The van der Waals surface area contributed by atoms with Crippen LogP contribution in [0.3, 0.4) is 0 Å². The number of halogens is 2. The Morgan fingerprint density at radius 1 is 1.08 bits per heavy atom. The predicted octanol–water partition coefficient (Wildman–Crippen LogP) is 1.61. The van der Waals surface area contributed by atoms with Crippen molar-refractivity contribution in [1.82, 2.24) is 15.5 Å². The zero-order chi connectivity index (χ0) is 17.8. The quantitative estimate of drug-likeness (QED) is 0.839. The molecule has 2 N–H and O–H groups in total. The number of piperazine rings is 1. The van der Waals surface area contributed by atoms with Gasteiger partial charge >= 0.3 is 0 Å². The van der Waals surface area contributed by atoms with Crippen LogP contribution >= 0.6 is 0 Å². The van der Waals surface area contributed by atoms with Gasteiger partial charge in [-0.2, -0.15) is 0 Å². The van der Waals surface area contributed by atoms with Crippen molar-refractivity contribution in [1.29, 1.82) is 0 Å². The van der Waals surface area contributed by atoms with E-state index in [1.165, 1.54) is 6.07 Å². The minimum absolute atomic E-state index is 0.0417. The van der Waals surface area contributed by atoms with E-state index in [4.69, 9.17) is 0 Å². The molecule has 0 radical (unpaired) electrons. The normalized spacial score (nSPS) is 30.8. The molecule has 0 spiro atoms. The molecule has 1 aromatic rings. The second-order valence-electron chi connectivity index (χ2n) is 7.97. The van der Waals surface area contributed by atoms with Crippen molar-refractivity contribution in [2.24, 2.45) is 0 Å². The summed E-state index contributed by atoms with van der Waals surface area (Å²) in [6.07, 6.45) is 4.07. The van der Waals surface area contributed by atoms with E-state index in [9.17, 15) is 13.6 Å². The fraction of sp³-hybridized carbons (Fsp3) is 0.632. The Kier molecular flexibility index (Phi) is 3.90. The molecule has 0 saturated carbocycles. The van der Waals surface area contributed by atoms with Crippen molar-refractivity contribution in [3.05, 3.63) is 28.8 Å². The summed E-state index contributed by atoms with van der Waals surface area (Å²) in [5.41, 5.74) is 1.35. The lowest BCUT2D eigenvalue weighted by atomic mass is 9.91. The zero-order valence-electron chi connectivity index (χ0n) is 14.7. The molecule has 4 saturated heterocycles. The first kappa shape index (κ1) is 16.4. The van der Waals surface area contributed by atoms with Crippen molar-refractivity contribution in [2.75, 3.05) is 31.1 Å². The molecule has 26 heavy (non-hydrogen) atoms. The van der Waals surface area contributed by atoms with Crippen LogP contribution in [0.15, 0.2) is 6.07 Å². The molecule has 5 aliphatic heterocycles. The van der Waals surface area contributed by atoms with Crippen LogP contribution in [0.4, 0.5) is 14.5 Å². The third-order valence-corrected chi connectivity index (χ3v) is 6.48. The van der Waals surface area contributed by atoms with Gasteiger partial charge in [0.05, 0.1) is 5.56 Å². The average molecular weight is 362 g/mol. The van der Waals surface area contributed by atoms with E-state index in [-0.39, 0.29) is 23.6 Å². The first-order chi connectivity index (χ1) is 12.6. The van der Waals surface area contributed by atoms with Crippen molar-refractivity contribution in [3.63, 3.8) is 0 Å². The maximum absolute atomic E-state index is 14.6. The minimum atomic E-state index is -0.986. The number of anilines is 1. The van der Waals surface area contributed by atoms with E-state index in [0.29, 0.717) is 18.2 Å². The second-order valence-corrected chi connectivity index (χ2v) is 7.97. The predicted molar refractivity (Wildman–Crippen MR) is 94.3 cm³/mol. The number of hydrogen-bond donors (Lipinski definition) is 2. The third-order valence-electron chi connectivity index (χ3n) is 6.48. The number of rotatable bonds is 2. The second kappa shape index (κ2) is 6.16. The van der Waals surface area contributed by atoms with Gasteiger partial charge in [0.15, 0.2) is 11.6 Å². The van der Waals surface area contributed by atoms with Crippen molar-refractivity contribution in [2.45, 2.75) is 50.4 Å². The molecular weight excluding hydrogens is 338 g/mol. The average Bonchev–Trinajstić information content (AvgIpc) is 3.04. The summed E-state index contributed by atoms with van der Waals surface area (Å²) < 4.78 is 28.9. The molecule has 7 heteroatoms. The van der Waals surface area contributed by atoms with Crippen LogP contribution in [0.25, 0.3) is 0 Å². The highest BCUT2D eigenvalue weighted by molar-refractivity contribution is 6.00. The first-order valence-corrected chi connectivity index (χ1v) is 9.66. The largest absolute Gasteiger partial charge is 0.365 e. The van der Waals surface area contributed by atoms with E-state index in [1.807, 2.05) is 0 Å². The first-order valence-electron chi connectivity index (χ1n) is 9.66. The van der Waals surface area contributed by atoms with Gasteiger partial charge in [-0.3, -0.25) is 4.79 Å². The van der Waals surface area contributed by atoms with Gasteiger partial charge in [-0.15, -0.1) is 0 Å². The molecule has 0 aromatic heterocycles.